The number of allylic oxidation sites excluding steroid dienone is 4. The lowest BCUT2D eigenvalue weighted by atomic mass is 9.85. The number of rotatable bonds is 0. The average molecular weight is 203 g/mol. The van der Waals surface area contributed by atoms with Crippen molar-refractivity contribution in [2.45, 2.75) is 33.5 Å². The van der Waals surface area contributed by atoms with E-state index < -0.39 is 8.07 Å². The van der Waals surface area contributed by atoms with Crippen LogP contribution < -0.4 is 0 Å². The lowest BCUT2D eigenvalue weighted by molar-refractivity contribution is 0.798. The fourth-order valence-electron chi connectivity index (χ4n) is 1.38. The van der Waals surface area contributed by atoms with E-state index >= 15 is 0 Å². The minimum absolute atomic E-state index is 0.490. The molecule has 0 saturated carbocycles. The molecule has 0 aromatic carbocycles. The zero-order valence-electron chi connectivity index (χ0n) is 9.81. The van der Waals surface area contributed by atoms with Crippen LogP contribution in [-0.4, -0.2) is 8.07 Å². The second kappa shape index (κ2) is 4.19. The Morgan fingerprint density at radius 1 is 1.29 bits per heavy atom. The van der Waals surface area contributed by atoms with Crippen molar-refractivity contribution in [2.24, 2.45) is 5.92 Å². The fourth-order valence-corrected chi connectivity index (χ4v) is 1.89. The van der Waals surface area contributed by atoms with Crippen LogP contribution in [0.4, 0.5) is 0 Å². The van der Waals surface area contributed by atoms with Crippen molar-refractivity contribution in [3.8, 4) is 11.5 Å². The van der Waals surface area contributed by atoms with Gasteiger partial charge in [-0.15, -0.1) is 5.54 Å². The maximum absolute atomic E-state index is 3.43. The summed E-state index contributed by atoms with van der Waals surface area (Å²) in [6.07, 6.45) is 6.48. The second-order valence-corrected chi connectivity index (χ2v) is 9.69. The van der Waals surface area contributed by atoms with Crippen molar-refractivity contribution in [3.05, 3.63) is 29.7 Å². The highest BCUT2D eigenvalue weighted by Crippen LogP contribution is 2.27. The molecule has 1 heteroatoms. The van der Waals surface area contributed by atoms with Gasteiger partial charge in [0, 0.05) is 0 Å². The van der Waals surface area contributed by atoms with Gasteiger partial charge in [0.25, 0.3) is 0 Å². The van der Waals surface area contributed by atoms with Crippen molar-refractivity contribution in [1.29, 1.82) is 0 Å². The summed E-state index contributed by atoms with van der Waals surface area (Å²) in [6.45, 7) is 11.2. The maximum Gasteiger partial charge on any atom is 0.129 e. The summed E-state index contributed by atoms with van der Waals surface area (Å²) in [6, 6.07) is 0. The van der Waals surface area contributed by atoms with Crippen LogP contribution in [-0.2, 0) is 0 Å². The summed E-state index contributed by atoms with van der Waals surface area (Å²) in [5, 5.41) is 0. The fraction of sp³-hybridized carbons (Fsp3) is 0.462. The van der Waals surface area contributed by atoms with E-state index in [4.69, 9.17) is 0 Å². The number of hydrogen-bond donors (Lipinski definition) is 0. The Bertz CT molecular complexity index is 317. The quantitative estimate of drug-likeness (QED) is 0.417. The third-order valence-electron chi connectivity index (χ3n) is 2.20. The van der Waals surface area contributed by atoms with E-state index in [1.807, 2.05) is 0 Å². The Labute approximate surface area is 89.1 Å². The van der Waals surface area contributed by atoms with Crippen molar-refractivity contribution >= 4 is 8.07 Å². The summed E-state index contributed by atoms with van der Waals surface area (Å²) in [7, 11) is -1.23. The number of hydrogen-bond acceptors (Lipinski definition) is 0. The third-order valence-corrected chi connectivity index (χ3v) is 3.07. The van der Waals surface area contributed by atoms with Gasteiger partial charge in [-0.25, -0.2) is 0 Å². The minimum Gasteiger partial charge on any atom is -0.131 e. The molecule has 75 valence electrons. The average Bonchev–Trinajstić information content (AvgIpc) is 2.01. The molecule has 0 spiro atoms. The van der Waals surface area contributed by atoms with E-state index in [0.717, 1.165) is 0 Å². The lowest BCUT2D eigenvalue weighted by Gasteiger charge is -2.19. The molecule has 0 amide bonds. The SMILES string of the molecule is CC1=CC=CC(C)[C]1C#C[Si](C)(C)C. The summed E-state index contributed by atoms with van der Waals surface area (Å²) in [5.41, 5.74) is 4.75. The summed E-state index contributed by atoms with van der Waals surface area (Å²) < 4.78 is 0. The minimum atomic E-state index is -1.23. The van der Waals surface area contributed by atoms with Gasteiger partial charge in [0.05, 0.1) is 5.92 Å². The topological polar surface area (TPSA) is 0 Å². The molecule has 1 aliphatic carbocycles. The summed E-state index contributed by atoms with van der Waals surface area (Å²) in [5.74, 6) is 5.16. The molecule has 0 nitrogen and oxygen atoms in total. The van der Waals surface area contributed by atoms with E-state index in [9.17, 15) is 0 Å². The van der Waals surface area contributed by atoms with Gasteiger partial charge in [0.1, 0.15) is 8.07 Å². The smallest absolute Gasteiger partial charge is 0.129 e. The Morgan fingerprint density at radius 2 is 1.93 bits per heavy atom. The van der Waals surface area contributed by atoms with Crippen LogP contribution in [0.15, 0.2) is 23.8 Å². The predicted molar refractivity (Wildman–Crippen MR) is 66.4 cm³/mol. The van der Waals surface area contributed by atoms with Crippen molar-refractivity contribution in [1.82, 2.24) is 0 Å². The molecular weight excluding hydrogens is 184 g/mol. The predicted octanol–water partition coefficient (Wildman–Crippen LogP) is 3.59. The van der Waals surface area contributed by atoms with Crippen LogP contribution in [0.25, 0.3) is 0 Å². The molecule has 0 bridgehead atoms. The molecule has 1 radical (unpaired) electrons. The van der Waals surface area contributed by atoms with Gasteiger partial charge in [-0.1, -0.05) is 56.3 Å². The lowest BCUT2D eigenvalue weighted by Crippen LogP contribution is -2.18. The first-order chi connectivity index (χ1) is 6.40. The highest BCUT2D eigenvalue weighted by Gasteiger charge is 2.18. The zero-order chi connectivity index (χ0) is 10.8. The summed E-state index contributed by atoms with van der Waals surface area (Å²) in [4.78, 5) is 0. The Hall–Kier alpha value is -0.743. The normalized spacial score (nSPS) is 22.6. The molecule has 0 aromatic heterocycles. The van der Waals surface area contributed by atoms with Crippen LogP contribution in [0.5, 0.6) is 0 Å². The molecule has 1 rings (SSSR count). The van der Waals surface area contributed by atoms with Crippen molar-refractivity contribution in [3.63, 3.8) is 0 Å². The molecule has 0 saturated heterocycles. The Balaban J connectivity index is 2.82. The highest BCUT2D eigenvalue weighted by molar-refractivity contribution is 6.83. The van der Waals surface area contributed by atoms with E-state index in [1.165, 1.54) is 11.5 Å². The van der Waals surface area contributed by atoms with Crippen LogP contribution >= 0.6 is 0 Å². The van der Waals surface area contributed by atoms with E-state index in [-0.39, 0.29) is 0 Å². The van der Waals surface area contributed by atoms with Crippen LogP contribution in [0.1, 0.15) is 13.8 Å². The van der Waals surface area contributed by atoms with Gasteiger partial charge in [0.15, 0.2) is 0 Å². The van der Waals surface area contributed by atoms with Gasteiger partial charge in [-0.05, 0) is 12.8 Å². The van der Waals surface area contributed by atoms with Crippen LogP contribution in [0.3, 0.4) is 0 Å². The van der Waals surface area contributed by atoms with Gasteiger partial charge < -0.3 is 0 Å². The first-order valence-corrected chi connectivity index (χ1v) is 8.65. The summed E-state index contributed by atoms with van der Waals surface area (Å²) >= 11 is 0. The molecular formula is C13H19Si. The Kier molecular flexibility index (Phi) is 3.39. The van der Waals surface area contributed by atoms with Gasteiger partial charge in [-0.2, -0.15) is 0 Å². The second-order valence-electron chi connectivity index (χ2n) is 4.94. The first kappa shape index (κ1) is 11.3. The third kappa shape index (κ3) is 3.19. The zero-order valence-corrected chi connectivity index (χ0v) is 10.8. The van der Waals surface area contributed by atoms with E-state index in [2.05, 4.69) is 63.2 Å². The van der Waals surface area contributed by atoms with E-state index in [0.29, 0.717) is 5.92 Å². The molecule has 1 aliphatic rings. The largest absolute Gasteiger partial charge is 0.131 e. The van der Waals surface area contributed by atoms with E-state index in [1.54, 1.807) is 0 Å². The van der Waals surface area contributed by atoms with Crippen LogP contribution in [0.2, 0.25) is 19.6 Å². The Morgan fingerprint density at radius 3 is 2.43 bits per heavy atom. The maximum atomic E-state index is 3.43. The standard InChI is InChI=1S/C13H19Si/c1-11-7-6-8-12(2)13(11)9-10-14(3,4)5/h6-8,11H,1-5H3. The molecule has 0 fully saturated rings. The highest BCUT2D eigenvalue weighted by atomic mass is 28.3. The van der Waals surface area contributed by atoms with Gasteiger partial charge >= 0.3 is 0 Å². The molecule has 0 aliphatic heterocycles. The molecule has 14 heavy (non-hydrogen) atoms. The van der Waals surface area contributed by atoms with Gasteiger partial charge in [0.2, 0.25) is 0 Å². The molecule has 1 unspecified atom stereocenters. The van der Waals surface area contributed by atoms with Crippen molar-refractivity contribution < 1.29 is 0 Å². The monoisotopic (exact) mass is 203 g/mol. The van der Waals surface area contributed by atoms with Crippen LogP contribution in [0, 0.1) is 23.3 Å². The molecule has 0 N–H and O–H groups in total. The first-order valence-electron chi connectivity index (χ1n) is 5.15. The molecule has 1 atom stereocenters. The molecule has 0 aromatic rings. The molecule has 0 heterocycles. The van der Waals surface area contributed by atoms with Crippen molar-refractivity contribution in [2.75, 3.05) is 0 Å². The van der Waals surface area contributed by atoms with Gasteiger partial charge in [-0.3, -0.25) is 0 Å².